The van der Waals surface area contributed by atoms with Gasteiger partial charge in [-0.3, -0.25) is 9.79 Å². The summed E-state index contributed by atoms with van der Waals surface area (Å²) in [6.07, 6.45) is 2.92. The molecule has 2 atom stereocenters. The van der Waals surface area contributed by atoms with Crippen molar-refractivity contribution in [2.75, 3.05) is 0 Å². The summed E-state index contributed by atoms with van der Waals surface area (Å²) in [6, 6.07) is -0.750. The normalized spacial score (nSPS) is 16.2. The molecule has 1 unspecified atom stereocenters. The number of carboxylic acids is 1. The second kappa shape index (κ2) is 5.71. The number of aliphatic carboxylic acids is 1. The summed E-state index contributed by atoms with van der Waals surface area (Å²) >= 11 is 0. The molecule has 0 aromatic carbocycles. The summed E-state index contributed by atoms with van der Waals surface area (Å²) in [6.45, 7) is 3.78. The Labute approximate surface area is 72.5 Å². The summed E-state index contributed by atoms with van der Waals surface area (Å²) in [5.41, 5.74) is 5.35. The maximum absolute atomic E-state index is 10.4. The summed E-state index contributed by atoms with van der Waals surface area (Å²) < 4.78 is 0. The number of rotatable bonds is 5. The van der Waals surface area contributed by atoms with Crippen LogP contribution in [-0.2, 0) is 4.79 Å². The highest BCUT2D eigenvalue weighted by molar-refractivity contribution is 5.73. The molecule has 0 saturated carbocycles. The smallest absolute Gasteiger partial charge is 0.320 e. The molecule has 0 saturated heterocycles. The van der Waals surface area contributed by atoms with Crippen LogP contribution in [0.1, 0.15) is 26.7 Å². The number of nitrogens with zero attached hydrogens (tertiary/aromatic N) is 1. The molecule has 0 aromatic rings. The van der Waals surface area contributed by atoms with Crippen LogP contribution in [0.5, 0.6) is 0 Å². The van der Waals surface area contributed by atoms with Crippen LogP contribution in [-0.4, -0.2) is 29.4 Å². The minimum Gasteiger partial charge on any atom is -0.480 e. The predicted octanol–water partition coefficient (Wildman–Crippen LogP) is 0.658. The second-order valence-corrected chi connectivity index (χ2v) is 2.65. The molecule has 0 heterocycles. The molecule has 0 amide bonds. The number of carboxylic acid groups (broad SMARTS) is 1. The Morgan fingerprint density at radius 3 is 2.67 bits per heavy atom. The highest BCUT2D eigenvalue weighted by Crippen LogP contribution is 2.05. The summed E-state index contributed by atoms with van der Waals surface area (Å²) in [4.78, 5) is 14.5. The quantitative estimate of drug-likeness (QED) is 0.598. The van der Waals surface area contributed by atoms with Gasteiger partial charge in [0.1, 0.15) is 6.04 Å². The van der Waals surface area contributed by atoms with E-state index in [0.717, 1.165) is 6.42 Å². The van der Waals surface area contributed by atoms with E-state index in [2.05, 4.69) is 4.99 Å². The first-order valence-corrected chi connectivity index (χ1v) is 4.08. The van der Waals surface area contributed by atoms with E-state index in [9.17, 15) is 4.79 Å². The fourth-order valence-corrected chi connectivity index (χ4v) is 0.938. The van der Waals surface area contributed by atoms with Crippen LogP contribution >= 0.6 is 0 Å². The molecule has 0 spiro atoms. The summed E-state index contributed by atoms with van der Waals surface area (Å²) in [5.74, 6) is -0.959. The molecular formula is C8H16N2O2. The first-order valence-electron chi connectivity index (χ1n) is 4.08. The van der Waals surface area contributed by atoms with Crippen molar-refractivity contribution in [1.82, 2.24) is 0 Å². The molecular weight excluding hydrogens is 156 g/mol. The van der Waals surface area contributed by atoms with Crippen molar-refractivity contribution >= 4 is 12.2 Å². The fraction of sp³-hybridized carbons (Fsp3) is 0.750. The van der Waals surface area contributed by atoms with Gasteiger partial charge in [-0.05, 0) is 26.0 Å². The highest BCUT2D eigenvalue weighted by Gasteiger charge is 2.15. The van der Waals surface area contributed by atoms with E-state index in [-0.39, 0.29) is 6.04 Å². The topological polar surface area (TPSA) is 75.7 Å². The molecule has 4 heteroatoms. The maximum atomic E-state index is 10.4. The molecule has 0 aliphatic heterocycles. The monoisotopic (exact) mass is 172 g/mol. The number of hydrogen-bond acceptors (Lipinski definition) is 3. The Bertz CT molecular complexity index is 168. The second-order valence-electron chi connectivity index (χ2n) is 2.65. The highest BCUT2D eigenvalue weighted by atomic mass is 16.4. The van der Waals surface area contributed by atoms with Gasteiger partial charge in [0.15, 0.2) is 0 Å². The third kappa shape index (κ3) is 4.08. The van der Waals surface area contributed by atoms with Crippen molar-refractivity contribution in [3.63, 3.8) is 0 Å². The van der Waals surface area contributed by atoms with E-state index in [1.807, 2.05) is 13.8 Å². The molecule has 0 fully saturated rings. The SMILES string of the molecule is CC=NC(CC)C[C@H](N)C(=O)O. The standard InChI is InChI=1S/C8H16N2O2/c1-3-6(10-4-2)5-7(9)8(11)12/h4,6-7H,3,5,9H2,1-2H3,(H,11,12)/t6?,7-/m0/s1. The molecule has 0 radical (unpaired) electrons. The molecule has 3 N–H and O–H groups in total. The zero-order valence-corrected chi connectivity index (χ0v) is 7.53. The van der Waals surface area contributed by atoms with E-state index in [1.165, 1.54) is 0 Å². The molecule has 0 aromatic heterocycles. The largest absolute Gasteiger partial charge is 0.480 e. The Kier molecular flexibility index (Phi) is 5.28. The summed E-state index contributed by atoms with van der Waals surface area (Å²) in [7, 11) is 0. The lowest BCUT2D eigenvalue weighted by Gasteiger charge is -2.12. The average molecular weight is 172 g/mol. The lowest BCUT2D eigenvalue weighted by atomic mass is 10.1. The van der Waals surface area contributed by atoms with Crippen molar-refractivity contribution in [3.8, 4) is 0 Å². The third-order valence-corrected chi connectivity index (χ3v) is 1.67. The molecule has 70 valence electrons. The van der Waals surface area contributed by atoms with Crippen LogP contribution in [0.4, 0.5) is 0 Å². The lowest BCUT2D eigenvalue weighted by molar-refractivity contribution is -0.138. The van der Waals surface area contributed by atoms with E-state index >= 15 is 0 Å². The lowest BCUT2D eigenvalue weighted by Crippen LogP contribution is -2.33. The molecule has 0 aliphatic carbocycles. The minimum atomic E-state index is -0.959. The van der Waals surface area contributed by atoms with Gasteiger partial charge in [-0.1, -0.05) is 6.92 Å². The van der Waals surface area contributed by atoms with Gasteiger partial charge < -0.3 is 10.8 Å². The number of carbonyl (C=O) groups is 1. The van der Waals surface area contributed by atoms with Gasteiger partial charge >= 0.3 is 5.97 Å². The van der Waals surface area contributed by atoms with Crippen LogP contribution in [0.2, 0.25) is 0 Å². The first kappa shape index (κ1) is 11.1. The molecule has 0 bridgehead atoms. The fourth-order valence-electron chi connectivity index (χ4n) is 0.938. The Hall–Kier alpha value is -0.900. The van der Waals surface area contributed by atoms with Gasteiger partial charge in [0.25, 0.3) is 0 Å². The molecule has 0 aliphatic rings. The average Bonchev–Trinajstić information content (AvgIpc) is 2.03. The Morgan fingerprint density at radius 2 is 2.33 bits per heavy atom. The van der Waals surface area contributed by atoms with Gasteiger partial charge in [-0.2, -0.15) is 0 Å². The number of nitrogens with two attached hydrogens (primary N) is 1. The first-order chi connectivity index (χ1) is 5.61. The van der Waals surface area contributed by atoms with E-state index in [1.54, 1.807) is 6.21 Å². The van der Waals surface area contributed by atoms with E-state index < -0.39 is 12.0 Å². The molecule has 0 rings (SSSR count). The van der Waals surface area contributed by atoms with Crippen LogP contribution < -0.4 is 5.73 Å². The van der Waals surface area contributed by atoms with Gasteiger partial charge in [-0.25, -0.2) is 0 Å². The summed E-state index contributed by atoms with van der Waals surface area (Å²) in [5, 5.41) is 8.52. The van der Waals surface area contributed by atoms with Crippen LogP contribution in [0.25, 0.3) is 0 Å². The van der Waals surface area contributed by atoms with E-state index in [4.69, 9.17) is 10.8 Å². The van der Waals surface area contributed by atoms with Gasteiger partial charge in [-0.15, -0.1) is 0 Å². The molecule has 12 heavy (non-hydrogen) atoms. The Balaban J connectivity index is 3.93. The van der Waals surface area contributed by atoms with Crippen molar-refractivity contribution in [1.29, 1.82) is 0 Å². The van der Waals surface area contributed by atoms with Gasteiger partial charge in [0.05, 0.1) is 6.04 Å². The Morgan fingerprint density at radius 1 is 1.75 bits per heavy atom. The number of aliphatic imine (C=N–C) groups is 1. The van der Waals surface area contributed by atoms with Crippen molar-refractivity contribution in [2.24, 2.45) is 10.7 Å². The van der Waals surface area contributed by atoms with Crippen LogP contribution in [0.3, 0.4) is 0 Å². The minimum absolute atomic E-state index is 0.0427. The zero-order chi connectivity index (χ0) is 9.56. The van der Waals surface area contributed by atoms with Gasteiger partial charge in [0, 0.05) is 0 Å². The zero-order valence-electron chi connectivity index (χ0n) is 7.53. The maximum Gasteiger partial charge on any atom is 0.320 e. The third-order valence-electron chi connectivity index (χ3n) is 1.67. The van der Waals surface area contributed by atoms with E-state index in [0.29, 0.717) is 6.42 Å². The predicted molar refractivity (Wildman–Crippen MR) is 48.5 cm³/mol. The van der Waals surface area contributed by atoms with Gasteiger partial charge in [0.2, 0.25) is 0 Å². The molecule has 4 nitrogen and oxygen atoms in total. The van der Waals surface area contributed by atoms with Crippen LogP contribution in [0.15, 0.2) is 4.99 Å². The number of hydrogen-bond donors (Lipinski definition) is 2. The van der Waals surface area contributed by atoms with Crippen molar-refractivity contribution in [2.45, 2.75) is 38.8 Å². The van der Waals surface area contributed by atoms with Crippen LogP contribution in [0, 0.1) is 0 Å². The van der Waals surface area contributed by atoms with Crippen molar-refractivity contribution in [3.05, 3.63) is 0 Å². The van der Waals surface area contributed by atoms with Crippen molar-refractivity contribution < 1.29 is 9.90 Å².